The molecule has 3 aromatic carbocycles. The second kappa shape index (κ2) is 10.9. The van der Waals surface area contributed by atoms with Crippen molar-refractivity contribution in [1.82, 2.24) is 0 Å². The first kappa shape index (κ1) is 24.1. The second-order valence-corrected chi connectivity index (χ2v) is 8.85. The summed E-state index contributed by atoms with van der Waals surface area (Å²) >= 11 is 0. The molecule has 0 aliphatic carbocycles. The first-order valence-corrected chi connectivity index (χ1v) is 11.7. The summed E-state index contributed by atoms with van der Waals surface area (Å²) in [4.78, 5) is 14.5. The smallest absolute Gasteiger partial charge is 0.307 e. The third kappa shape index (κ3) is 5.47. The van der Waals surface area contributed by atoms with E-state index in [1.54, 1.807) is 13.2 Å². The SMILES string of the molecule is C#CCN(c1ccc(NS(=O)c2ccc(OC)c(C)c2)c2ccccc12)[C@@H](C)CC(=O)OC. The number of carbonyl (C=O) groups is 1. The van der Waals surface area contributed by atoms with E-state index in [0.29, 0.717) is 11.4 Å². The van der Waals surface area contributed by atoms with Crippen LogP contribution in [0.15, 0.2) is 59.5 Å². The number of benzene rings is 3. The van der Waals surface area contributed by atoms with E-state index in [-0.39, 0.29) is 18.4 Å². The number of hydrogen-bond acceptors (Lipinski definition) is 5. The Morgan fingerprint density at radius 3 is 2.52 bits per heavy atom. The average molecular weight is 465 g/mol. The predicted octanol–water partition coefficient (Wildman–Crippen LogP) is 4.68. The lowest BCUT2D eigenvalue weighted by Crippen LogP contribution is -2.35. The lowest BCUT2D eigenvalue weighted by atomic mass is 10.0. The van der Waals surface area contributed by atoms with Gasteiger partial charge in [0.05, 0.1) is 37.8 Å². The number of esters is 1. The van der Waals surface area contributed by atoms with Crippen LogP contribution in [0.1, 0.15) is 18.9 Å². The fraction of sp³-hybridized carbons (Fsp3) is 0.269. The van der Waals surface area contributed by atoms with E-state index in [9.17, 15) is 9.00 Å². The minimum absolute atomic E-state index is 0.160. The van der Waals surface area contributed by atoms with Crippen LogP contribution in [-0.4, -0.2) is 37.0 Å². The van der Waals surface area contributed by atoms with Gasteiger partial charge in [0.2, 0.25) is 0 Å². The lowest BCUT2D eigenvalue weighted by Gasteiger charge is -2.30. The Labute approximate surface area is 197 Å². The molecule has 0 aliphatic heterocycles. The van der Waals surface area contributed by atoms with Crippen molar-refractivity contribution in [2.75, 3.05) is 30.4 Å². The minimum atomic E-state index is -1.46. The van der Waals surface area contributed by atoms with E-state index < -0.39 is 11.0 Å². The molecule has 33 heavy (non-hydrogen) atoms. The number of anilines is 2. The highest BCUT2D eigenvalue weighted by Crippen LogP contribution is 2.34. The second-order valence-electron chi connectivity index (χ2n) is 7.64. The lowest BCUT2D eigenvalue weighted by molar-refractivity contribution is -0.140. The maximum atomic E-state index is 13.1. The third-order valence-corrected chi connectivity index (χ3v) is 6.56. The van der Waals surface area contributed by atoms with E-state index >= 15 is 0 Å². The number of nitrogens with zero attached hydrogens (tertiary/aromatic N) is 1. The Balaban J connectivity index is 1.97. The van der Waals surface area contributed by atoms with Crippen LogP contribution in [0.25, 0.3) is 10.8 Å². The zero-order valence-electron chi connectivity index (χ0n) is 19.3. The van der Waals surface area contributed by atoms with Gasteiger partial charge in [-0.3, -0.25) is 4.79 Å². The number of aryl methyl sites for hydroxylation is 1. The Morgan fingerprint density at radius 1 is 1.15 bits per heavy atom. The molecule has 2 atom stereocenters. The molecular weight excluding hydrogens is 436 g/mol. The molecule has 0 heterocycles. The van der Waals surface area contributed by atoms with E-state index in [1.807, 2.05) is 67.3 Å². The Hall–Kier alpha value is -3.50. The van der Waals surface area contributed by atoms with Gasteiger partial charge in [0.25, 0.3) is 0 Å². The molecule has 0 bridgehead atoms. The van der Waals surface area contributed by atoms with Gasteiger partial charge in [-0.15, -0.1) is 6.42 Å². The van der Waals surface area contributed by atoms with Gasteiger partial charge in [0.1, 0.15) is 16.7 Å². The molecule has 3 rings (SSSR count). The summed E-state index contributed by atoms with van der Waals surface area (Å²) in [6.45, 7) is 4.20. The Bertz CT molecular complexity index is 1220. The van der Waals surface area contributed by atoms with Crippen LogP contribution in [0.3, 0.4) is 0 Å². The zero-order valence-corrected chi connectivity index (χ0v) is 20.1. The van der Waals surface area contributed by atoms with Crippen molar-refractivity contribution >= 4 is 39.1 Å². The molecule has 7 heteroatoms. The minimum Gasteiger partial charge on any atom is -0.496 e. The quantitative estimate of drug-likeness (QED) is 0.368. The van der Waals surface area contributed by atoms with Crippen LogP contribution < -0.4 is 14.4 Å². The van der Waals surface area contributed by atoms with Gasteiger partial charge in [-0.25, -0.2) is 4.21 Å². The van der Waals surface area contributed by atoms with Crippen LogP contribution in [0.2, 0.25) is 0 Å². The molecule has 1 unspecified atom stereocenters. The molecule has 3 aromatic rings. The summed E-state index contributed by atoms with van der Waals surface area (Å²) in [5.41, 5.74) is 2.55. The van der Waals surface area contributed by atoms with E-state index in [2.05, 4.69) is 10.6 Å². The van der Waals surface area contributed by atoms with Gasteiger partial charge >= 0.3 is 5.97 Å². The number of fused-ring (bicyclic) bond motifs is 1. The predicted molar refractivity (Wildman–Crippen MR) is 134 cm³/mol. The third-order valence-electron chi connectivity index (χ3n) is 5.48. The van der Waals surface area contributed by atoms with Crippen molar-refractivity contribution in [3.8, 4) is 18.1 Å². The molecule has 0 radical (unpaired) electrons. The first-order valence-electron chi connectivity index (χ1n) is 10.5. The monoisotopic (exact) mass is 464 g/mol. The van der Waals surface area contributed by atoms with Crippen LogP contribution in [-0.2, 0) is 20.5 Å². The summed E-state index contributed by atoms with van der Waals surface area (Å²) < 4.78 is 26.3. The molecule has 1 N–H and O–H groups in total. The summed E-state index contributed by atoms with van der Waals surface area (Å²) in [7, 11) is 1.53. The normalized spacial score (nSPS) is 12.5. The molecule has 6 nitrogen and oxygen atoms in total. The highest BCUT2D eigenvalue weighted by atomic mass is 32.2. The van der Waals surface area contributed by atoms with Crippen molar-refractivity contribution in [2.24, 2.45) is 0 Å². The van der Waals surface area contributed by atoms with Gasteiger partial charge in [-0.05, 0) is 49.7 Å². The van der Waals surface area contributed by atoms with E-state index in [0.717, 1.165) is 33.5 Å². The van der Waals surface area contributed by atoms with Gasteiger partial charge in [-0.1, -0.05) is 30.2 Å². The number of hydrogen-bond donors (Lipinski definition) is 1. The Morgan fingerprint density at radius 2 is 1.88 bits per heavy atom. The van der Waals surface area contributed by atoms with Crippen LogP contribution in [0.5, 0.6) is 5.75 Å². The summed E-state index contributed by atoms with van der Waals surface area (Å²) in [6.07, 6.45) is 5.85. The van der Waals surface area contributed by atoms with Crippen molar-refractivity contribution in [3.63, 3.8) is 0 Å². The van der Waals surface area contributed by atoms with Crippen molar-refractivity contribution < 1.29 is 18.5 Å². The molecule has 0 amide bonds. The molecule has 0 aliphatic rings. The van der Waals surface area contributed by atoms with E-state index in [4.69, 9.17) is 15.9 Å². The highest BCUT2D eigenvalue weighted by Gasteiger charge is 2.20. The molecule has 0 saturated heterocycles. The van der Waals surface area contributed by atoms with Crippen molar-refractivity contribution in [3.05, 3.63) is 60.2 Å². The summed E-state index contributed by atoms with van der Waals surface area (Å²) in [5, 5.41) is 1.85. The molecule has 0 aromatic heterocycles. The number of nitrogens with one attached hydrogen (secondary N) is 1. The molecular formula is C26H28N2O4S. The maximum absolute atomic E-state index is 13.1. The fourth-order valence-electron chi connectivity index (χ4n) is 3.76. The van der Waals surface area contributed by atoms with Crippen LogP contribution >= 0.6 is 0 Å². The van der Waals surface area contributed by atoms with E-state index in [1.165, 1.54) is 7.11 Å². The van der Waals surface area contributed by atoms with Gasteiger partial charge in [0.15, 0.2) is 0 Å². The standard InChI is InChI=1S/C26H28N2O4S/c1-6-15-28(19(3)17-26(29)32-5)24-13-12-23(21-9-7-8-10-22(21)24)27-33(30)20-11-14-25(31-4)18(2)16-20/h1,7-14,16,19,27H,15,17H2,2-5H3/t19-,33?/m0/s1. The summed E-state index contributed by atoms with van der Waals surface area (Å²) in [6, 6.07) is 16.9. The van der Waals surface area contributed by atoms with Gasteiger partial charge in [0, 0.05) is 22.5 Å². The molecule has 0 saturated carbocycles. The van der Waals surface area contributed by atoms with Gasteiger partial charge in [-0.2, -0.15) is 0 Å². The number of rotatable bonds is 9. The highest BCUT2D eigenvalue weighted by molar-refractivity contribution is 7.86. The number of carbonyl (C=O) groups excluding carboxylic acids is 1. The molecule has 0 spiro atoms. The van der Waals surface area contributed by atoms with Crippen molar-refractivity contribution in [2.45, 2.75) is 31.2 Å². The van der Waals surface area contributed by atoms with Crippen LogP contribution in [0.4, 0.5) is 11.4 Å². The largest absolute Gasteiger partial charge is 0.496 e. The van der Waals surface area contributed by atoms with Gasteiger partial charge < -0.3 is 19.1 Å². The number of ether oxygens (including phenoxy) is 2. The number of methoxy groups -OCH3 is 2. The Kier molecular flexibility index (Phi) is 7.96. The van der Waals surface area contributed by atoms with Crippen molar-refractivity contribution in [1.29, 1.82) is 0 Å². The zero-order chi connectivity index (χ0) is 24.0. The molecule has 0 fully saturated rings. The van der Waals surface area contributed by atoms with Crippen LogP contribution in [0, 0.1) is 19.3 Å². The average Bonchev–Trinajstić information content (AvgIpc) is 2.82. The molecule has 172 valence electrons. The number of terminal acetylenes is 1. The maximum Gasteiger partial charge on any atom is 0.307 e. The summed E-state index contributed by atoms with van der Waals surface area (Å²) in [5.74, 6) is 3.14. The topological polar surface area (TPSA) is 67.9 Å². The fourth-order valence-corrected chi connectivity index (χ4v) is 4.73. The first-order chi connectivity index (χ1) is 15.9.